The normalized spacial score (nSPS) is 14.6. The van der Waals surface area contributed by atoms with Gasteiger partial charge in [-0.25, -0.2) is 9.59 Å². The van der Waals surface area contributed by atoms with Crippen LogP contribution in [0, 0.1) is 5.92 Å². The second-order valence-electron chi connectivity index (χ2n) is 6.02. The summed E-state index contributed by atoms with van der Waals surface area (Å²) in [7, 11) is 0. The summed E-state index contributed by atoms with van der Waals surface area (Å²) in [6, 6.07) is -0.887. The van der Waals surface area contributed by atoms with Crippen LogP contribution in [0.3, 0.4) is 0 Å². The Labute approximate surface area is 115 Å². The molecular formula is C14H27NO4. The van der Waals surface area contributed by atoms with Crippen molar-refractivity contribution in [2.75, 3.05) is 0 Å². The van der Waals surface area contributed by atoms with E-state index >= 15 is 0 Å². The number of amides is 1. The van der Waals surface area contributed by atoms with Gasteiger partial charge in [-0.15, -0.1) is 0 Å². The summed E-state index contributed by atoms with van der Waals surface area (Å²) >= 11 is 0. The highest BCUT2D eigenvalue weighted by atomic mass is 16.6. The summed E-state index contributed by atoms with van der Waals surface area (Å²) in [5, 5.41) is 11.5. The lowest BCUT2D eigenvalue weighted by atomic mass is 9.96. The van der Waals surface area contributed by atoms with Crippen molar-refractivity contribution < 1.29 is 19.4 Å². The van der Waals surface area contributed by atoms with Gasteiger partial charge in [0.1, 0.15) is 11.6 Å². The minimum atomic E-state index is -1.02. The lowest BCUT2D eigenvalue weighted by Gasteiger charge is -2.23. The number of rotatable bonds is 7. The summed E-state index contributed by atoms with van der Waals surface area (Å²) in [5.41, 5.74) is -0.624. The van der Waals surface area contributed by atoms with E-state index in [4.69, 9.17) is 9.84 Å². The quantitative estimate of drug-likeness (QED) is 0.747. The first kappa shape index (κ1) is 17.7. The van der Waals surface area contributed by atoms with E-state index in [0.29, 0.717) is 6.42 Å². The summed E-state index contributed by atoms with van der Waals surface area (Å²) in [6.07, 6.45) is 2.87. The topological polar surface area (TPSA) is 75.6 Å². The first-order valence-corrected chi connectivity index (χ1v) is 6.88. The molecule has 0 aromatic carbocycles. The fraction of sp³-hybridized carbons (Fsp3) is 0.857. The molecule has 0 aliphatic rings. The van der Waals surface area contributed by atoms with E-state index in [1.54, 1.807) is 20.8 Å². The molecule has 0 rings (SSSR count). The molecule has 0 saturated heterocycles. The molecule has 0 heterocycles. The van der Waals surface area contributed by atoms with Crippen LogP contribution in [0.25, 0.3) is 0 Å². The number of unbranched alkanes of at least 4 members (excludes halogenated alkanes) is 1. The molecule has 0 aliphatic heterocycles. The lowest BCUT2D eigenvalue weighted by molar-refractivity contribution is -0.140. The third-order valence-corrected chi connectivity index (χ3v) is 2.68. The van der Waals surface area contributed by atoms with E-state index in [2.05, 4.69) is 12.2 Å². The van der Waals surface area contributed by atoms with Crippen molar-refractivity contribution in [3.8, 4) is 0 Å². The SMILES string of the molecule is CCCCC(C)CC(NC(=O)OC(C)(C)C)C(=O)O. The van der Waals surface area contributed by atoms with E-state index in [0.717, 1.165) is 19.3 Å². The maximum atomic E-state index is 11.6. The van der Waals surface area contributed by atoms with Gasteiger partial charge in [-0.05, 0) is 33.1 Å². The van der Waals surface area contributed by atoms with E-state index < -0.39 is 23.7 Å². The Morgan fingerprint density at radius 1 is 1.32 bits per heavy atom. The third-order valence-electron chi connectivity index (χ3n) is 2.68. The van der Waals surface area contributed by atoms with E-state index in [1.165, 1.54) is 0 Å². The molecule has 0 aromatic rings. The first-order valence-electron chi connectivity index (χ1n) is 6.88. The zero-order valence-electron chi connectivity index (χ0n) is 12.7. The van der Waals surface area contributed by atoms with Crippen molar-refractivity contribution in [3.05, 3.63) is 0 Å². The Morgan fingerprint density at radius 3 is 2.32 bits per heavy atom. The van der Waals surface area contributed by atoms with Gasteiger partial charge in [0.25, 0.3) is 0 Å². The number of carboxylic acid groups (broad SMARTS) is 1. The zero-order valence-corrected chi connectivity index (χ0v) is 12.7. The van der Waals surface area contributed by atoms with Gasteiger partial charge in [0, 0.05) is 0 Å². The summed E-state index contributed by atoms with van der Waals surface area (Å²) < 4.78 is 5.07. The van der Waals surface area contributed by atoms with Crippen molar-refractivity contribution in [2.45, 2.75) is 71.9 Å². The van der Waals surface area contributed by atoms with Gasteiger partial charge in [0.2, 0.25) is 0 Å². The second-order valence-corrected chi connectivity index (χ2v) is 6.02. The Bertz CT molecular complexity index is 296. The number of alkyl carbamates (subject to hydrolysis) is 1. The number of carboxylic acids is 1. The highest BCUT2D eigenvalue weighted by Crippen LogP contribution is 2.15. The van der Waals surface area contributed by atoms with Crippen molar-refractivity contribution in [1.82, 2.24) is 5.32 Å². The first-order chi connectivity index (χ1) is 8.65. The molecule has 0 aromatic heterocycles. The predicted octanol–water partition coefficient (Wildman–Crippen LogP) is 3.18. The minimum absolute atomic E-state index is 0.260. The Kier molecular flexibility index (Phi) is 7.49. The summed E-state index contributed by atoms with van der Waals surface area (Å²) in [6.45, 7) is 9.33. The molecule has 112 valence electrons. The molecule has 2 N–H and O–H groups in total. The Morgan fingerprint density at radius 2 is 1.89 bits per heavy atom. The van der Waals surface area contributed by atoms with Gasteiger partial charge in [0.15, 0.2) is 0 Å². The van der Waals surface area contributed by atoms with Crippen LogP contribution in [0.1, 0.15) is 60.3 Å². The largest absolute Gasteiger partial charge is 0.480 e. The van der Waals surface area contributed by atoms with Crippen molar-refractivity contribution in [2.24, 2.45) is 5.92 Å². The van der Waals surface area contributed by atoms with Gasteiger partial charge in [-0.3, -0.25) is 0 Å². The van der Waals surface area contributed by atoms with Crippen LogP contribution in [0.15, 0.2) is 0 Å². The number of hydrogen-bond donors (Lipinski definition) is 2. The highest BCUT2D eigenvalue weighted by molar-refractivity contribution is 5.79. The molecule has 0 fully saturated rings. The maximum Gasteiger partial charge on any atom is 0.408 e. The lowest BCUT2D eigenvalue weighted by Crippen LogP contribution is -2.44. The van der Waals surface area contributed by atoms with Gasteiger partial charge >= 0.3 is 12.1 Å². The molecule has 5 heteroatoms. The van der Waals surface area contributed by atoms with Crippen molar-refractivity contribution >= 4 is 12.1 Å². The molecular weight excluding hydrogens is 246 g/mol. The molecule has 0 aliphatic carbocycles. The predicted molar refractivity (Wildman–Crippen MR) is 74.1 cm³/mol. The average molecular weight is 273 g/mol. The average Bonchev–Trinajstić information content (AvgIpc) is 2.22. The minimum Gasteiger partial charge on any atom is -0.480 e. The van der Waals surface area contributed by atoms with Gasteiger partial charge in [-0.2, -0.15) is 0 Å². The van der Waals surface area contributed by atoms with Crippen LogP contribution in [0.4, 0.5) is 4.79 Å². The molecule has 0 saturated carbocycles. The standard InChI is InChI=1S/C14H27NO4/c1-6-7-8-10(2)9-11(12(16)17)15-13(18)19-14(3,4)5/h10-11H,6-9H2,1-5H3,(H,15,18)(H,16,17). The zero-order chi connectivity index (χ0) is 15.1. The number of hydrogen-bond acceptors (Lipinski definition) is 3. The van der Waals surface area contributed by atoms with Gasteiger partial charge in [-0.1, -0.05) is 33.1 Å². The monoisotopic (exact) mass is 273 g/mol. The maximum absolute atomic E-state index is 11.6. The van der Waals surface area contributed by atoms with Crippen LogP contribution in [-0.4, -0.2) is 28.8 Å². The van der Waals surface area contributed by atoms with Crippen molar-refractivity contribution in [1.29, 1.82) is 0 Å². The fourth-order valence-corrected chi connectivity index (χ4v) is 1.74. The van der Waals surface area contributed by atoms with Crippen LogP contribution >= 0.6 is 0 Å². The molecule has 2 atom stereocenters. The van der Waals surface area contributed by atoms with E-state index in [-0.39, 0.29) is 5.92 Å². The smallest absolute Gasteiger partial charge is 0.408 e. The Hall–Kier alpha value is -1.26. The van der Waals surface area contributed by atoms with Crippen LogP contribution in [0.2, 0.25) is 0 Å². The molecule has 5 nitrogen and oxygen atoms in total. The second kappa shape index (κ2) is 8.02. The molecule has 0 spiro atoms. The number of ether oxygens (including phenoxy) is 1. The molecule has 2 unspecified atom stereocenters. The van der Waals surface area contributed by atoms with E-state index in [9.17, 15) is 9.59 Å². The fourth-order valence-electron chi connectivity index (χ4n) is 1.74. The molecule has 0 bridgehead atoms. The summed E-state index contributed by atoms with van der Waals surface area (Å²) in [5.74, 6) is -0.759. The van der Waals surface area contributed by atoms with E-state index in [1.807, 2.05) is 6.92 Å². The van der Waals surface area contributed by atoms with Gasteiger partial charge < -0.3 is 15.2 Å². The number of nitrogens with one attached hydrogen (secondary N) is 1. The molecule has 19 heavy (non-hydrogen) atoms. The van der Waals surface area contributed by atoms with Crippen LogP contribution in [-0.2, 0) is 9.53 Å². The van der Waals surface area contributed by atoms with Crippen LogP contribution in [0.5, 0.6) is 0 Å². The summed E-state index contributed by atoms with van der Waals surface area (Å²) in [4.78, 5) is 22.7. The Balaban J connectivity index is 4.34. The number of aliphatic carboxylic acids is 1. The van der Waals surface area contributed by atoms with Gasteiger partial charge in [0.05, 0.1) is 0 Å². The molecule has 0 radical (unpaired) electrons. The highest BCUT2D eigenvalue weighted by Gasteiger charge is 2.25. The molecule has 1 amide bonds. The number of carbonyl (C=O) groups excluding carboxylic acids is 1. The van der Waals surface area contributed by atoms with Crippen molar-refractivity contribution in [3.63, 3.8) is 0 Å². The number of carbonyl (C=O) groups is 2. The van der Waals surface area contributed by atoms with Crippen LogP contribution < -0.4 is 5.32 Å². The third kappa shape index (κ3) is 9.33.